The smallest absolute Gasteiger partial charge is 0.0133 e. The highest BCUT2D eigenvalue weighted by Crippen LogP contribution is 2.70. The summed E-state index contributed by atoms with van der Waals surface area (Å²) in [4.78, 5) is 0. The summed E-state index contributed by atoms with van der Waals surface area (Å²) in [5.74, 6) is 1.97. The lowest BCUT2D eigenvalue weighted by Crippen LogP contribution is -2.50. The molecule has 3 saturated carbocycles. The van der Waals surface area contributed by atoms with Crippen molar-refractivity contribution in [1.82, 2.24) is 0 Å². The Balaban J connectivity index is 1.96. The molecule has 3 fully saturated rings. The Kier molecular flexibility index (Phi) is 1.45. The molecule has 1 heteroatoms. The molecule has 14 heavy (non-hydrogen) atoms. The second-order valence-electron chi connectivity index (χ2n) is 7.45. The first kappa shape index (κ1) is 9.21. The van der Waals surface area contributed by atoms with Crippen LogP contribution in [0.15, 0.2) is 0 Å². The minimum atomic E-state index is 0.121. The molecule has 0 radical (unpaired) electrons. The number of fused-ring (bicyclic) bond motifs is 1. The van der Waals surface area contributed by atoms with Crippen molar-refractivity contribution in [2.45, 2.75) is 58.4 Å². The van der Waals surface area contributed by atoms with Crippen LogP contribution in [-0.4, -0.2) is 5.54 Å². The Morgan fingerprint density at radius 2 is 1.71 bits per heavy atom. The van der Waals surface area contributed by atoms with Crippen molar-refractivity contribution >= 4 is 0 Å². The van der Waals surface area contributed by atoms with Gasteiger partial charge in [0.2, 0.25) is 0 Å². The molecule has 0 aliphatic heterocycles. The molecule has 3 aliphatic carbocycles. The van der Waals surface area contributed by atoms with Crippen LogP contribution in [0.25, 0.3) is 0 Å². The lowest BCUT2D eigenvalue weighted by atomic mass is 9.53. The Labute approximate surface area is 87.4 Å². The van der Waals surface area contributed by atoms with Crippen molar-refractivity contribution in [3.05, 3.63) is 0 Å². The maximum Gasteiger partial charge on any atom is 0.0133 e. The summed E-state index contributed by atoms with van der Waals surface area (Å²) in [5, 5.41) is 0. The minimum Gasteiger partial charge on any atom is -0.325 e. The third kappa shape index (κ3) is 1.05. The molecule has 80 valence electrons. The van der Waals surface area contributed by atoms with Crippen LogP contribution in [0.3, 0.4) is 0 Å². The number of hydrogen-bond acceptors (Lipinski definition) is 1. The van der Waals surface area contributed by atoms with E-state index < -0.39 is 0 Å². The van der Waals surface area contributed by atoms with Gasteiger partial charge in [-0.1, -0.05) is 13.8 Å². The van der Waals surface area contributed by atoms with Gasteiger partial charge >= 0.3 is 0 Å². The van der Waals surface area contributed by atoms with Crippen LogP contribution in [0.2, 0.25) is 0 Å². The SMILES string of the molecule is CC1(N)CC2CC3(C)CC(C)(CC23)C1. The van der Waals surface area contributed by atoms with E-state index in [2.05, 4.69) is 20.8 Å². The average molecular weight is 193 g/mol. The molecule has 3 rings (SSSR count). The topological polar surface area (TPSA) is 26.0 Å². The van der Waals surface area contributed by atoms with Gasteiger partial charge in [0.1, 0.15) is 0 Å². The first-order valence-electron chi connectivity index (χ1n) is 6.11. The highest BCUT2D eigenvalue weighted by atomic mass is 14.8. The van der Waals surface area contributed by atoms with Crippen molar-refractivity contribution in [3.63, 3.8) is 0 Å². The third-order valence-corrected chi connectivity index (χ3v) is 5.30. The van der Waals surface area contributed by atoms with Crippen molar-refractivity contribution in [1.29, 1.82) is 0 Å². The molecule has 1 nitrogen and oxygen atoms in total. The summed E-state index contributed by atoms with van der Waals surface area (Å²) in [6.45, 7) is 7.26. The molecule has 0 aromatic rings. The van der Waals surface area contributed by atoms with Crippen molar-refractivity contribution in [2.24, 2.45) is 28.4 Å². The first-order valence-corrected chi connectivity index (χ1v) is 6.11. The fraction of sp³-hybridized carbons (Fsp3) is 1.00. The largest absolute Gasteiger partial charge is 0.325 e. The summed E-state index contributed by atoms with van der Waals surface area (Å²) in [5.41, 5.74) is 7.80. The Morgan fingerprint density at radius 1 is 1.00 bits per heavy atom. The summed E-state index contributed by atoms with van der Waals surface area (Å²) < 4.78 is 0. The fourth-order valence-electron chi connectivity index (χ4n) is 5.49. The molecule has 2 N–H and O–H groups in total. The van der Waals surface area contributed by atoms with Gasteiger partial charge in [-0.2, -0.15) is 0 Å². The predicted octanol–water partition coefficient (Wildman–Crippen LogP) is 2.94. The molecule has 3 aliphatic rings. The van der Waals surface area contributed by atoms with Gasteiger partial charge in [0.15, 0.2) is 0 Å². The number of rotatable bonds is 0. The highest BCUT2D eigenvalue weighted by Gasteiger charge is 2.62. The first-order chi connectivity index (χ1) is 6.32. The molecule has 0 spiro atoms. The Bertz CT molecular complexity index is 283. The predicted molar refractivity (Wildman–Crippen MR) is 58.9 cm³/mol. The molecule has 0 heterocycles. The minimum absolute atomic E-state index is 0.121. The summed E-state index contributed by atoms with van der Waals surface area (Å²) in [7, 11) is 0. The average Bonchev–Trinajstić information content (AvgIpc) is 2.08. The van der Waals surface area contributed by atoms with Crippen molar-refractivity contribution < 1.29 is 0 Å². The third-order valence-electron chi connectivity index (χ3n) is 5.30. The van der Waals surface area contributed by atoms with E-state index in [1.807, 2.05) is 0 Å². The molecule has 0 amide bonds. The highest BCUT2D eigenvalue weighted by molar-refractivity contribution is 5.14. The molecule has 0 aromatic heterocycles. The Morgan fingerprint density at radius 3 is 2.43 bits per heavy atom. The van der Waals surface area contributed by atoms with Crippen LogP contribution in [0.1, 0.15) is 52.9 Å². The van der Waals surface area contributed by atoms with Gasteiger partial charge in [-0.05, 0) is 61.7 Å². The van der Waals surface area contributed by atoms with E-state index in [1.54, 1.807) is 0 Å². The van der Waals surface area contributed by atoms with Crippen LogP contribution in [-0.2, 0) is 0 Å². The lowest BCUT2D eigenvalue weighted by molar-refractivity contribution is -0.0219. The van der Waals surface area contributed by atoms with Gasteiger partial charge in [0.25, 0.3) is 0 Å². The zero-order valence-corrected chi connectivity index (χ0v) is 9.77. The van der Waals surface area contributed by atoms with E-state index in [9.17, 15) is 0 Å². The molecule has 5 unspecified atom stereocenters. The lowest BCUT2D eigenvalue weighted by Gasteiger charge is -2.53. The normalized spacial score (nSPS) is 66.0. The van der Waals surface area contributed by atoms with Gasteiger partial charge in [-0.15, -0.1) is 0 Å². The van der Waals surface area contributed by atoms with Crippen LogP contribution < -0.4 is 5.73 Å². The standard InChI is InChI=1S/C13H23N/c1-11-6-10-9(4-12(10,2)7-11)5-13(3,14)8-11/h9-10H,4-8,14H2,1-3H3. The van der Waals surface area contributed by atoms with E-state index in [1.165, 1.54) is 32.1 Å². The van der Waals surface area contributed by atoms with Gasteiger partial charge < -0.3 is 5.73 Å². The van der Waals surface area contributed by atoms with Crippen LogP contribution in [0.5, 0.6) is 0 Å². The van der Waals surface area contributed by atoms with Gasteiger partial charge in [-0.25, -0.2) is 0 Å². The molecule has 5 atom stereocenters. The molecule has 2 bridgehead atoms. The van der Waals surface area contributed by atoms with Crippen LogP contribution in [0.4, 0.5) is 0 Å². The number of nitrogens with two attached hydrogens (primary N) is 1. The molecule has 0 saturated heterocycles. The van der Waals surface area contributed by atoms with E-state index in [0.29, 0.717) is 10.8 Å². The molecular formula is C13H23N. The van der Waals surface area contributed by atoms with E-state index in [0.717, 1.165) is 11.8 Å². The molecule has 0 aromatic carbocycles. The van der Waals surface area contributed by atoms with Crippen LogP contribution >= 0.6 is 0 Å². The monoisotopic (exact) mass is 193 g/mol. The second kappa shape index (κ2) is 2.21. The van der Waals surface area contributed by atoms with Crippen LogP contribution in [0, 0.1) is 22.7 Å². The maximum atomic E-state index is 6.41. The van der Waals surface area contributed by atoms with E-state index >= 15 is 0 Å². The zero-order chi connectivity index (χ0) is 10.2. The maximum absolute atomic E-state index is 6.41. The van der Waals surface area contributed by atoms with Gasteiger partial charge in [0.05, 0.1) is 0 Å². The second-order valence-corrected chi connectivity index (χ2v) is 7.45. The number of hydrogen-bond donors (Lipinski definition) is 1. The molecular weight excluding hydrogens is 170 g/mol. The van der Waals surface area contributed by atoms with Crippen molar-refractivity contribution in [2.75, 3.05) is 0 Å². The Hall–Kier alpha value is -0.0400. The quantitative estimate of drug-likeness (QED) is 0.629. The van der Waals surface area contributed by atoms with E-state index in [-0.39, 0.29) is 5.54 Å². The summed E-state index contributed by atoms with van der Waals surface area (Å²) in [6, 6.07) is 0. The van der Waals surface area contributed by atoms with Gasteiger partial charge in [0, 0.05) is 5.54 Å². The zero-order valence-electron chi connectivity index (χ0n) is 9.77. The van der Waals surface area contributed by atoms with Gasteiger partial charge in [-0.3, -0.25) is 0 Å². The summed E-state index contributed by atoms with van der Waals surface area (Å²) in [6.07, 6.45) is 6.89. The van der Waals surface area contributed by atoms with Crippen molar-refractivity contribution in [3.8, 4) is 0 Å². The van der Waals surface area contributed by atoms with E-state index in [4.69, 9.17) is 5.73 Å². The fourth-order valence-corrected chi connectivity index (χ4v) is 5.49. The summed E-state index contributed by atoms with van der Waals surface area (Å²) >= 11 is 0.